The molecule has 9 nitrogen and oxygen atoms in total. The first-order chi connectivity index (χ1) is 17.7. The molecule has 1 amide bonds. The number of nitrogens with zero attached hydrogens (tertiary/aromatic N) is 2. The van der Waals surface area contributed by atoms with Gasteiger partial charge in [0.25, 0.3) is 5.91 Å². The summed E-state index contributed by atoms with van der Waals surface area (Å²) in [5, 5.41) is 1.92. The lowest BCUT2D eigenvalue weighted by molar-refractivity contribution is -0.138. The third-order valence-electron chi connectivity index (χ3n) is 5.86. The third kappa shape index (κ3) is 5.71. The maximum Gasteiger partial charge on any atom is 0.338 e. The molecule has 37 heavy (non-hydrogen) atoms. The van der Waals surface area contributed by atoms with Gasteiger partial charge in [-0.3, -0.25) is 10.2 Å². The largest absolute Gasteiger partial charge is 0.467 e. The average molecular weight is 544 g/mol. The molecule has 4 rings (SSSR count). The fraction of sp³-hybridized carbons (Fsp3) is 0.231. The SMILES string of the molecule is CCN(CC)S(=O)(=O)c1ccc(C(=O)OCC(=O)N2NC(c3ccc(Cl)cc3)=C[C@H]2c2ccco2)cc1. The lowest BCUT2D eigenvalue weighted by Gasteiger charge is -2.23. The van der Waals surface area contributed by atoms with Gasteiger partial charge in [-0.05, 0) is 60.2 Å². The Morgan fingerprint density at radius 2 is 1.73 bits per heavy atom. The normalized spacial score (nSPS) is 15.4. The molecule has 0 bridgehead atoms. The molecule has 0 saturated heterocycles. The fourth-order valence-corrected chi connectivity index (χ4v) is 5.49. The van der Waals surface area contributed by atoms with Crippen LogP contribution in [0, 0.1) is 0 Å². The van der Waals surface area contributed by atoms with E-state index in [0.29, 0.717) is 29.6 Å². The number of hydrazine groups is 1. The van der Waals surface area contributed by atoms with Crippen molar-refractivity contribution in [3.8, 4) is 0 Å². The van der Waals surface area contributed by atoms with Gasteiger partial charge in [-0.2, -0.15) is 4.31 Å². The van der Waals surface area contributed by atoms with Gasteiger partial charge in [0, 0.05) is 18.1 Å². The number of carbonyl (C=O) groups excluding carboxylic acids is 2. The number of esters is 1. The standard InChI is InChI=1S/C26H26ClN3O6S/c1-3-29(4-2)37(33,34)21-13-9-19(10-14-21)26(32)36-17-25(31)30-23(24-6-5-15-35-24)16-22(28-30)18-7-11-20(27)12-8-18/h5-16,23,28H,3-4,17H2,1-2H3/t23-/m0/s1. The first-order valence-electron chi connectivity index (χ1n) is 11.6. The van der Waals surface area contributed by atoms with Crippen molar-refractivity contribution < 1.29 is 27.2 Å². The molecular weight excluding hydrogens is 518 g/mol. The number of hydrogen-bond acceptors (Lipinski definition) is 7. The molecule has 0 saturated carbocycles. The van der Waals surface area contributed by atoms with Crippen LogP contribution in [0.15, 0.2) is 82.3 Å². The topological polar surface area (TPSA) is 109 Å². The molecule has 0 radical (unpaired) electrons. The molecule has 3 aromatic rings. The monoisotopic (exact) mass is 543 g/mol. The van der Waals surface area contributed by atoms with Gasteiger partial charge in [0.15, 0.2) is 6.61 Å². The quantitative estimate of drug-likeness (QED) is 0.402. The van der Waals surface area contributed by atoms with Crippen LogP contribution in [0.2, 0.25) is 5.02 Å². The van der Waals surface area contributed by atoms with E-state index in [1.54, 1.807) is 38.1 Å². The van der Waals surface area contributed by atoms with Crippen molar-refractivity contribution in [2.24, 2.45) is 0 Å². The number of rotatable bonds is 9. The Labute approximate surface area is 220 Å². The van der Waals surface area contributed by atoms with E-state index >= 15 is 0 Å². The summed E-state index contributed by atoms with van der Waals surface area (Å²) < 4.78 is 37.4. The smallest absolute Gasteiger partial charge is 0.338 e. The molecule has 2 aromatic carbocycles. The van der Waals surface area contributed by atoms with Crippen molar-refractivity contribution in [1.82, 2.24) is 14.7 Å². The number of carbonyl (C=O) groups is 2. The maximum atomic E-state index is 13.0. The van der Waals surface area contributed by atoms with Crippen LogP contribution in [0.1, 0.15) is 41.6 Å². The fourth-order valence-electron chi connectivity index (χ4n) is 3.90. The number of halogens is 1. The van der Waals surface area contributed by atoms with Gasteiger partial charge < -0.3 is 9.15 Å². The summed E-state index contributed by atoms with van der Waals surface area (Å²) in [4.78, 5) is 25.7. The van der Waals surface area contributed by atoms with Crippen molar-refractivity contribution in [1.29, 1.82) is 0 Å². The molecule has 1 atom stereocenters. The molecule has 1 aliphatic heterocycles. The molecule has 11 heteroatoms. The van der Waals surface area contributed by atoms with Crippen molar-refractivity contribution >= 4 is 39.2 Å². The van der Waals surface area contributed by atoms with Gasteiger partial charge in [-0.1, -0.05) is 37.6 Å². The summed E-state index contributed by atoms with van der Waals surface area (Å²) in [6.07, 6.45) is 3.34. The number of sulfonamides is 1. The number of ether oxygens (including phenoxy) is 1. The van der Waals surface area contributed by atoms with E-state index in [1.807, 2.05) is 18.2 Å². The van der Waals surface area contributed by atoms with Gasteiger partial charge in [0.05, 0.1) is 22.4 Å². The van der Waals surface area contributed by atoms with Crippen LogP contribution in [-0.2, 0) is 19.6 Å². The van der Waals surface area contributed by atoms with Gasteiger partial charge in [0.2, 0.25) is 10.0 Å². The molecular formula is C26H26ClN3O6S. The van der Waals surface area contributed by atoms with E-state index in [0.717, 1.165) is 5.56 Å². The molecule has 2 heterocycles. The Balaban J connectivity index is 1.44. The van der Waals surface area contributed by atoms with Gasteiger partial charge in [0.1, 0.15) is 11.8 Å². The molecule has 1 aliphatic rings. The highest BCUT2D eigenvalue weighted by Gasteiger charge is 2.33. The van der Waals surface area contributed by atoms with Crippen molar-refractivity contribution in [3.05, 3.63) is 94.9 Å². The number of furan rings is 1. The summed E-state index contributed by atoms with van der Waals surface area (Å²) in [5.74, 6) is -0.725. The Morgan fingerprint density at radius 3 is 2.32 bits per heavy atom. The van der Waals surface area contributed by atoms with Crippen molar-refractivity contribution in [2.45, 2.75) is 24.8 Å². The summed E-state index contributed by atoms with van der Waals surface area (Å²) >= 11 is 5.99. The predicted molar refractivity (Wildman–Crippen MR) is 138 cm³/mol. The zero-order chi connectivity index (χ0) is 26.6. The van der Waals surface area contributed by atoms with E-state index in [-0.39, 0.29) is 10.5 Å². The van der Waals surface area contributed by atoms with E-state index in [2.05, 4.69) is 5.43 Å². The minimum absolute atomic E-state index is 0.0761. The molecule has 194 valence electrons. The van der Waals surface area contributed by atoms with Crippen LogP contribution in [0.3, 0.4) is 0 Å². The lowest BCUT2D eigenvalue weighted by atomic mass is 10.1. The predicted octanol–water partition coefficient (Wildman–Crippen LogP) is 4.25. The highest BCUT2D eigenvalue weighted by molar-refractivity contribution is 7.89. The second-order valence-electron chi connectivity index (χ2n) is 8.11. The number of hydrogen-bond donors (Lipinski definition) is 1. The molecule has 1 aromatic heterocycles. The highest BCUT2D eigenvalue weighted by Crippen LogP contribution is 2.32. The van der Waals surface area contributed by atoms with Crippen LogP contribution in [0.25, 0.3) is 5.70 Å². The maximum absolute atomic E-state index is 13.0. The Morgan fingerprint density at radius 1 is 1.05 bits per heavy atom. The molecule has 0 aliphatic carbocycles. The second-order valence-corrected chi connectivity index (χ2v) is 10.5. The molecule has 0 fully saturated rings. The number of nitrogens with one attached hydrogen (secondary N) is 1. The Kier molecular flexibility index (Phi) is 8.01. The minimum Gasteiger partial charge on any atom is -0.467 e. The first kappa shape index (κ1) is 26.5. The average Bonchev–Trinajstić information content (AvgIpc) is 3.59. The summed E-state index contributed by atoms with van der Waals surface area (Å²) in [6, 6.07) is 15.5. The van der Waals surface area contributed by atoms with Crippen molar-refractivity contribution in [3.63, 3.8) is 0 Å². The Hall–Kier alpha value is -3.60. The van der Waals surface area contributed by atoms with Crippen LogP contribution in [0.5, 0.6) is 0 Å². The van der Waals surface area contributed by atoms with Gasteiger partial charge in [-0.15, -0.1) is 0 Å². The first-order valence-corrected chi connectivity index (χ1v) is 13.4. The zero-order valence-electron chi connectivity index (χ0n) is 20.3. The lowest BCUT2D eigenvalue weighted by Crippen LogP contribution is -2.42. The van der Waals surface area contributed by atoms with E-state index < -0.39 is 34.5 Å². The second kappa shape index (κ2) is 11.2. The number of amides is 1. The van der Waals surface area contributed by atoms with E-state index in [1.165, 1.54) is 39.8 Å². The molecule has 0 unspecified atom stereocenters. The van der Waals surface area contributed by atoms with Crippen molar-refractivity contribution in [2.75, 3.05) is 19.7 Å². The summed E-state index contributed by atoms with van der Waals surface area (Å²) in [6.45, 7) is 3.64. The molecule has 0 spiro atoms. The van der Waals surface area contributed by atoms with Crippen LogP contribution < -0.4 is 5.43 Å². The molecule has 1 N–H and O–H groups in total. The highest BCUT2D eigenvalue weighted by atomic mass is 35.5. The van der Waals surface area contributed by atoms with Gasteiger partial charge in [-0.25, -0.2) is 18.2 Å². The Bertz CT molecular complexity index is 1380. The van der Waals surface area contributed by atoms with E-state index in [9.17, 15) is 18.0 Å². The number of benzene rings is 2. The van der Waals surface area contributed by atoms with E-state index in [4.69, 9.17) is 20.8 Å². The van der Waals surface area contributed by atoms with Crippen LogP contribution in [0.4, 0.5) is 0 Å². The third-order valence-corrected chi connectivity index (χ3v) is 8.18. The summed E-state index contributed by atoms with van der Waals surface area (Å²) in [5.41, 5.74) is 4.66. The van der Waals surface area contributed by atoms with Crippen LogP contribution in [-0.4, -0.2) is 49.3 Å². The summed E-state index contributed by atoms with van der Waals surface area (Å²) in [7, 11) is -3.65. The van der Waals surface area contributed by atoms with Crippen LogP contribution >= 0.6 is 11.6 Å². The minimum atomic E-state index is -3.65. The zero-order valence-corrected chi connectivity index (χ0v) is 21.8. The van der Waals surface area contributed by atoms with Gasteiger partial charge >= 0.3 is 5.97 Å².